The standard InChI is InChI=1S/C16H24N4/c1-4-16(5-2,10-17)11-18-15-12(3)19-13-8-6-7-9-14(13)20-15/h6-9H,4-5,10-11,17H2,1-3H3,(H,18,20). The topological polar surface area (TPSA) is 63.8 Å². The maximum atomic E-state index is 5.95. The zero-order valence-corrected chi connectivity index (χ0v) is 12.6. The molecule has 20 heavy (non-hydrogen) atoms. The number of anilines is 1. The minimum atomic E-state index is 0.139. The Morgan fingerprint density at radius 1 is 1.10 bits per heavy atom. The van der Waals surface area contributed by atoms with E-state index in [0.717, 1.165) is 41.9 Å². The Bertz CT molecular complexity index is 567. The second-order valence-electron chi connectivity index (χ2n) is 5.41. The molecular formula is C16H24N4. The van der Waals surface area contributed by atoms with Crippen LogP contribution in [0.5, 0.6) is 0 Å². The molecule has 4 nitrogen and oxygen atoms in total. The maximum absolute atomic E-state index is 5.95. The van der Waals surface area contributed by atoms with Gasteiger partial charge in [0.25, 0.3) is 0 Å². The number of rotatable bonds is 6. The number of aromatic nitrogens is 2. The number of hydrogen-bond acceptors (Lipinski definition) is 4. The van der Waals surface area contributed by atoms with Crippen molar-refractivity contribution in [3.05, 3.63) is 30.0 Å². The fourth-order valence-electron chi connectivity index (χ4n) is 2.39. The molecule has 0 fully saturated rings. The Morgan fingerprint density at radius 2 is 1.70 bits per heavy atom. The van der Waals surface area contributed by atoms with Gasteiger partial charge in [0.2, 0.25) is 0 Å². The first-order valence-electron chi connectivity index (χ1n) is 7.31. The predicted octanol–water partition coefficient (Wildman–Crippen LogP) is 3.12. The van der Waals surface area contributed by atoms with Gasteiger partial charge in [0.15, 0.2) is 0 Å². The van der Waals surface area contributed by atoms with Gasteiger partial charge in [0.1, 0.15) is 5.82 Å². The lowest BCUT2D eigenvalue weighted by molar-refractivity contribution is 0.294. The van der Waals surface area contributed by atoms with Crippen LogP contribution < -0.4 is 11.1 Å². The third-order valence-electron chi connectivity index (χ3n) is 4.31. The number of fused-ring (bicyclic) bond motifs is 1. The molecule has 0 amide bonds. The quantitative estimate of drug-likeness (QED) is 0.848. The van der Waals surface area contributed by atoms with E-state index in [1.165, 1.54) is 0 Å². The van der Waals surface area contributed by atoms with Gasteiger partial charge in [-0.2, -0.15) is 0 Å². The van der Waals surface area contributed by atoms with Crippen LogP contribution in [0.15, 0.2) is 24.3 Å². The van der Waals surface area contributed by atoms with Crippen LogP contribution in [0.25, 0.3) is 11.0 Å². The molecule has 108 valence electrons. The first-order chi connectivity index (χ1) is 9.64. The number of nitrogens with zero attached hydrogens (tertiary/aromatic N) is 2. The molecule has 0 bridgehead atoms. The van der Waals surface area contributed by atoms with Crippen molar-refractivity contribution in [1.82, 2.24) is 9.97 Å². The summed E-state index contributed by atoms with van der Waals surface area (Å²) in [5, 5.41) is 3.45. The Kier molecular flexibility index (Phi) is 4.55. The Balaban J connectivity index is 2.23. The number of nitrogens with one attached hydrogen (secondary N) is 1. The predicted molar refractivity (Wildman–Crippen MR) is 84.8 cm³/mol. The molecule has 0 aliphatic heterocycles. The molecule has 2 aromatic rings. The molecule has 0 saturated heterocycles. The third kappa shape index (κ3) is 2.90. The molecule has 2 rings (SSSR count). The minimum Gasteiger partial charge on any atom is -0.368 e. The fraction of sp³-hybridized carbons (Fsp3) is 0.500. The largest absolute Gasteiger partial charge is 0.368 e. The molecule has 0 radical (unpaired) electrons. The Hall–Kier alpha value is -1.68. The smallest absolute Gasteiger partial charge is 0.148 e. The third-order valence-corrected chi connectivity index (χ3v) is 4.31. The van der Waals surface area contributed by atoms with Crippen molar-refractivity contribution in [1.29, 1.82) is 0 Å². The van der Waals surface area contributed by atoms with E-state index in [0.29, 0.717) is 6.54 Å². The van der Waals surface area contributed by atoms with Crippen LogP contribution in [0, 0.1) is 12.3 Å². The summed E-state index contributed by atoms with van der Waals surface area (Å²) in [6, 6.07) is 7.94. The van der Waals surface area contributed by atoms with Crippen molar-refractivity contribution in [2.24, 2.45) is 11.1 Å². The van der Waals surface area contributed by atoms with E-state index in [-0.39, 0.29) is 5.41 Å². The number of aryl methyl sites for hydroxylation is 1. The molecule has 4 heteroatoms. The molecule has 3 N–H and O–H groups in total. The highest BCUT2D eigenvalue weighted by atomic mass is 15.0. The Morgan fingerprint density at radius 3 is 2.25 bits per heavy atom. The summed E-state index contributed by atoms with van der Waals surface area (Å²) in [7, 11) is 0. The summed E-state index contributed by atoms with van der Waals surface area (Å²) < 4.78 is 0. The van der Waals surface area contributed by atoms with E-state index < -0.39 is 0 Å². The molecule has 0 unspecified atom stereocenters. The van der Waals surface area contributed by atoms with Crippen molar-refractivity contribution in [2.75, 3.05) is 18.4 Å². The van der Waals surface area contributed by atoms with Crippen LogP contribution >= 0.6 is 0 Å². The van der Waals surface area contributed by atoms with Crippen molar-refractivity contribution < 1.29 is 0 Å². The number of benzene rings is 1. The van der Waals surface area contributed by atoms with Gasteiger partial charge in [-0.25, -0.2) is 9.97 Å². The normalized spacial score (nSPS) is 11.8. The van der Waals surface area contributed by atoms with E-state index in [2.05, 4.69) is 29.1 Å². The van der Waals surface area contributed by atoms with Crippen molar-refractivity contribution >= 4 is 16.9 Å². The first-order valence-corrected chi connectivity index (χ1v) is 7.31. The van der Waals surface area contributed by atoms with Gasteiger partial charge in [-0.1, -0.05) is 26.0 Å². The van der Waals surface area contributed by atoms with Gasteiger partial charge in [0.05, 0.1) is 16.7 Å². The molecular weight excluding hydrogens is 248 g/mol. The van der Waals surface area contributed by atoms with E-state index in [4.69, 9.17) is 5.73 Å². The fourth-order valence-corrected chi connectivity index (χ4v) is 2.39. The highest BCUT2D eigenvalue weighted by Gasteiger charge is 2.24. The SMILES string of the molecule is CCC(CC)(CN)CNc1nc2ccccc2nc1C. The molecule has 1 aromatic carbocycles. The van der Waals surface area contributed by atoms with E-state index in [1.54, 1.807) is 0 Å². The average molecular weight is 272 g/mol. The summed E-state index contributed by atoms with van der Waals surface area (Å²) in [5.74, 6) is 0.864. The van der Waals surface area contributed by atoms with Crippen LogP contribution in [-0.2, 0) is 0 Å². The molecule has 1 aromatic heterocycles. The first kappa shape index (κ1) is 14.7. The molecule has 0 spiro atoms. The van der Waals surface area contributed by atoms with E-state index >= 15 is 0 Å². The van der Waals surface area contributed by atoms with Gasteiger partial charge >= 0.3 is 0 Å². The van der Waals surface area contributed by atoms with Gasteiger partial charge in [-0.05, 0) is 43.9 Å². The van der Waals surface area contributed by atoms with Crippen LogP contribution in [0.2, 0.25) is 0 Å². The summed E-state index contributed by atoms with van der Waals surface area (Å²) >= 11 is 0. The number of nitrogens with two attached hydrogens (primary N) is 1. The molecule has 0 saturated carbocycles. The maximum Gasteiger partial charge on any atom is 0.148 e. The lowest BCUT2D eigenvalue weighted by Crippen LogP contribution is -2.36. The average Bonchev–Trinajstić information content (AvgIpc) is 2.49. The van der Waals surface area contributed by atoms with E-state index in [9.17, 15) is 0 Å². The zero-order valence-electron chi connectivity index (χ0n) is 12.6. The van der Waals surface area contributed by atoms with Gasteiger partial charge < -0.3 is 11.1 Å². The second-order valence-corrected chi connectivity index (χ2v) is 5.41. The second kappa shape index (κ2) is 6.18. The summed E-state index contributed by atoms with van der Waals surface area (Å²) in [4.78, 5) is 9.26. The Labute approximate surface area is 120 Å². The number of hydrogen-bond donors (Lipinski definition) is 2. The van der Waals surface area contributed by atoms with Crippen molar-refractivity contribution in [3.8, 4) is 0 Å². The van der Waals surface area contributed by atoms with E-state index in [1.807, 2.05) is 31.2 Å². The summed E-state index contributed by atoms with van der Waals surface area (Å²) in [6.45, 7) is 7.90. The van der Waals surface area contributed by atoms with Gasteiger partial charge in [0, 0.05) is 6.54 Å². The van der Waals surface area contributed by atoms with Gasteiger partial charge in [-0.15, -0.1) is 0 Å². The molecule has 1 heterocycles. The summed E-state index contributed by atoms with van der Waals surface area (Å²) in [6.07, 6.45) is 2.13. The van der Waals surface area contributed by atoms with Crippen LogP contribution in [0.1, 0.15) is 32.4 Å². The molecule has 0 aliphatic carbocycles. The number of para-hydroxylation sites is 2. The van der Waals surface area contributed by atoms with Crippen molar-refractivity contribution in [2.45, 2.75) is 33.6 Å². The highest BCUT2D eigenvalue weighted by molar-refractivity contribution is 5.76. The minimum absolute atomic E-state index is 0.139. The monoisotopic (exact) mass is 272 g/mol. The highest BCUT2D eigenvalue weighted by Crippen LogP contribution is 2.26. The lowest BCUT2D eigenvalue weighted by Gasteiger charge is -2.30. The lowest BCUT2D eigenvalue weighted by atomic mass is 9.82. The van der Waals surface area contributed by atoms with Crippen LogP contribution in [0.3, 0.4) is 0 Å². The van der Waals surface area contributed by atoms with Crippen molar-refractivity contribution in [3.63, 3.8) is 0 Å². The van der Waals surface area contributed by atoms with Gasteiger partial charge in [-0.3, -0.25) is 0 Å². The van der Waals surface area contributed by atoms with Crippen LogP contribution in [-0.4, -0.2) is 23.1 Å². The zero-order chi connectivity index (χ0) is 14.6. The van der Waals surface area contributed by atoms with Crippen LogP contribution in [0.4, 0.5) is 5.82 Å². The molecule has 0 aliphatic rings. The molecule has 0 atom stereocenters. The summed E-state index contributed by atoms with van der Waals surface area (Å²) in [5.41, 5.74) is 8.88.